The van der Waals surface area contributed by atoms with Crippen molar-refractivity contribution in [2.24, 2.45) is 5.11 Å². The number of halogens is 1. The highest BCUT2D eigenvalue weighted by Gasteiger charge is 2.20. The first-order valence-electron chi connectivity index (χ1n) is 4.34. The van der Waals surface area contributed by atoms with E-state index < -0.39 is 12.2 Å². The van der Waals surface area contributed by atoms with Crippen LogP contribution in [0.3, 0.4) is 0 Å². The van der Waals surface area contributed by atoms with Gasteiger partial charge in [0.05, 0.1) is 17.7 Å². The van der Waals surface area contributed by atoms with Crippen molar-refractivity contribution in [3.63, 3.8) is 0 Å². The molecule has 0 saturated heterocycles. The van der Waals surface area contributed by atoms with Gasteiger partial charge >= 0.3 is 0 Å². The normalized spacial score (nSPS) is 13.9. The molecule has 0 aromatic carbocycles. The fraction of sp³-hybridized carbons (Fsp3) is 0.375. The van der Waals surface area contributed by atoms with Crippen LogP contribution in [-0.4, -0.2) is 27.8 Å². The van der Waals surface area contributed by atoms with Crippen molar-refractivity contribution in [1.82, 2.24) is 4.98 Å². The number of anilines is 1. The highest BCUT2D eigenvalue weighted by molar-refractivity contribution is 6.31. The van der Waals surface area contributed by atoms with Crippen LogP contribution < -0.4 is 5.73 Å². The number of rotatable bonds is 4. The molecule has 0 aliphatic carbocycles. The molecule has 1 rings (SSSR count). The molecule has 4 N–H and O–H groups in total. The van der Waals surface area contributed by atoms with E-state index in [1.54, 1.807) is 0 Å². The highest BCUT2D eigenvalue weighted by Crippen LogP contribution is 2.25. The molecule has 0 fully saturated rings. The first-order chi connectivity index (χ1) is 7.56. The summed E-state index contributed by atoms with van der Waals surface area (Å²) in [5.41, 5.74) is 13.7. The molecule has 8 heteroatoms. The van der Waals surface area contributed by atoms with Crippen LogP contribution in [0.5, 0.6) is 0 Å². The predicted octanol–water partition coefficient (Wildman–Crippen LogP) is 1.02. The van der Waals surface area contributed by atoms with Gasteiger partial charge in [-0.1, -0.05) is 16.7 Å². The zero-order chi connectivity index (χ0) is 12.1. The molecule has 2 atom stereocenters. The second kappa shape index (κ2) is 5.53. The summed E-state index contributed by atoms with van der Waals surface area (Å²) in [5.74, 6) is 0.213. The quantitative estimate of drug-likeness (QED) is 0.414. The molecule has 7 nitrogen and oxygen atoms in total. The van der Waals surface area contributed by atoms with Gasteiger partial charge in [-0.15, -0.1) is 0 Å². The Kier molecular flexibility index (Phi) is 4.33. The van der Waals surface area contributed by atoms with Gasteiger partial charge in [0, 0.05) is 16.7 Å². The van der Waals surface area contributed by atoms with Gasteiger partial charge in [0.1, 0.15) is 11.9 Å². The van der Waals surface area contributed by atoms with Gasteiger partial charge in [0.15, 0.2) is 0 Å². The smallest absolute Gasteiger partial charge is 0.124 e. The Morgan fingerprint density at radius 2 is 2.31 bits per heavy atom. The SMILES string of the molecule is [N-]=[N+]=NCC(O)C(O)c1cnc(N)cc1Cl. The van der Waals surface area contributed by atoms with Crippen LogP contribution in [0.2, 0.25) is 5.02 Å². The standard InChI is InChI=1S/C8H10ClN5O2/c9-5-1-7(10)12-2-4(5)8(16)6(15)3-13-14-11/h1-2,6,8,15-16H,3H2,(H2,10,12). The van der Waals surface area contributed by atoms with Crippen LogP contribution in [-0.2, 0) is 0 Å². The summed E-state index contributed by atoms with van der Waals surface area (Å²) >= 11 is 5.81. The minimum Gasteiger partial charge on any atom is -0.390 e. The summed E-state index contributed by atoms with van der Waals surface area (Å²) in [6, 6.07) is 1.36. The predicted molar refractivity (Wildman–Crippen MR) is 58.6 cm³/mol. The molecule has 0 spiro atoms. The number of aliphatic hydroxyl groups is 2. The van der Waals surface area contributed by atoms with E-state index in [0.29, 0.717) is 0 Å². The van der Waals surface area contributed by atoms with E-state index in [9.17, 15) is 10.2 Å². The third-order valence-corrected chi connectivity index (χ3v) is 2.25. The largest absolute Gasteiger partial charge is 0.390 e. The first kappa shape index (κ1) is 12.5. The molecule has 0 aliphatic rings. The lowest BCUT2D eigenvalue weighted by molar-refractivity contribution is 0.0243. The zero-order valence-electron chi connectivity index (χ0n) is 8.16. The summed E-state index contributed by atoms with van der Waals surface area (Å²) in [7, 11) is 0. The van der Waals surface area contributed by atoms with Crippen molar-refractivity contribution < 1.29 is 10.2 Å². The molecule has 16 heavy (non-hydrogen) atoms. The van der Waals surface area contributed by atoms with Crippen molar-refractivity contribution in [2.75, 3.05) is 12.3 Å². The molecular weight excluding hydrogens is 234 g/mol. The molecule has 0 aliphatic heterocycles. The minimum atomic E-state index is -1.27. The maximum Gasteiger partial charge on any atom is 0.124 e. The Balaban J connectivity index is 2.86. The summed E-state index contributed by atoms with van der Waals surface area (Å²) in [4.78, 5) is 6.22. The van der Waals surface area contributed by atoms with E-state index in [4.69, 9.17) is 22.9 Å². The van der Waals surface area contributed by atoms with E-state index in [1.165, 1.54) is 12.3 Å². The maximum atomic E-state index is 9.69. The van der Waals surface area contributed by atoms with E-state index in [1.807, 2.05) is 0 Å². The monoisotopic (exact) mass is 243 g/mol. The second-order valence-corrected chi connectivity index (χ2v) is 3.46. The molecule has 0 saturated carbocycles. The average Bonchev–Trinajstić information content (AvgIpc) is 2.25. The van der Waals surface area contributed by atoms with Crippen molar-refractivity contribution in [3.05, 3.63) is 33.3 Å². The molecule has 1 heterocycles. The first-order valence-corrected chi connectivity index (χ1v) is 4.72. The Bertz CT molecular complexity index is 421. The van der Waals surface area contributed by atoms with Crippen molar-refractivity contribution in [1.29, 1.82) is 0 Å². The van der Waals surface area contributed by atoms with Crippen LogP contribution in [0.4, 0.5) is 5.82 Å². The van der Waals surface area contributed by atoms with Crippen LogP contribution in [0.1, 0.15) is 11.7 Å². The summed E-state index contributed by atoms with van der Waals surface area (Å²) in [6.45, 7) is -0.252. The molecule has 1 aromatic heterocycles. The number of nitrogen functional groups attached to an aromatic ring is 1. The van der Waals surface area contributed by atoms with E-state index in [0.717, 1.165) is 0 Å². The number of azide groups is 1. The number of hydrogen-bond donors (Lipinski definition) is 3. The number of hydrogen-bond acceptors (Lipinski definition) is 5. The zero-order valence-corrected chi connectivity index (χ0v) is 8.91. The minimum absolute atomic E-state index is 0.194. The van der Waals surface area contributed by atoms with Gasteiger partial charge in [-0.2, -0.15) is 0 Å². The molecular formula is C8H10ClN5O2. The van der Waals surface area contributed by atoms with Gasteiger partial charge < -0.3 is 15.9 Å². The summed E-state index contributed by atoms with van der Waals surface area (Å²) in [5, 5.41) is 22.5. The molecule has 0 amide bonds. The van der Waals surface area contributed by atoms with Crippen LogP contribution >= 0.6 is 11.6 Å². The van der Waals surface area contributed by atoms with E-state index >= 15 is 0 Å². The Labute approximate surface area is 96.1 Å². The summed E-state index contributed by atoms with van der Waals surface area (Å²) in [6.07, 6.45) is -1.24. The fourth-order valence-corrected chi connectivity index (χ4v) is 1.37. The van der Waals surface area contributed by atoms with Crippen molar-refractivity contribution in [3.8, 4) is 0 Å². The number of aliphatic hydroxyl groups excluding tert-OH is 2. The molecule has 86 valence electrons. The Morgan fingerprint density at radius 3 is 2.88 bits per heavy atom. The second-order valence-electron chi connectivity index (χ2n) is 3.06. The molecule has 0 bridgehead atoms. The van der Waals surface area contributed by atoms with Gasteiger partial charge in [-0.25, -0.2) is 4.98 Å². The van der Waals surface area contributed by atoms with E-state index in [-0.39, 0.29) is 22.9 Å². The fourth-order valence-electron chi connectivity index (χ4n) is 1.10. The lowest BCUT2D eigenvalue weighted by Crippen LogP contribution is -2.21. The van der Waals surface area contributed by atoms with Crippen molar-refractivity contribution in [2.45, 2.75) is 12.2 Å². The Hall–Kier alpha value is -1.53. The topological polar surface area (TPSA) is 128 Å². The van der Waals surface area contributed by atoms with Gasteiger partial charge in [-0.3, -0.25) is 0 Å². The van der Waals surface area contributed by atoms with Gasteiger partial charge in [0.2, 0.25) is 0 Å². The number of pyridine rings is 1. The van der Waals surface area contributed by atoms with Gasteiger partial charge in [0.25, 0.3) is 0 Å². The number of aromatic nitrogens is 1. The van der Waals surface area contributed by atoms with E-state index in [2.05, 4.69) is 15.0 Å². The molecule has 0 radical (unpaired) electrons. The number of nitrogens with two attached hydrogens (primary N) is 1. The lowest BCUT2D eigenvalue weighted by Gasteiger charge is -2.17. The number of nitrogens with zero attached hydrogens (tertiary/aromatic N) is 4. The summed E-state index contributed by atoms with van der Waals surface area (Å²) < 4.78 is 0. The van der Waals surface area contributed by atoms with Gasteiger partial charge in [-0.05, 0) is 11.6 Å². The average molecular weight is 244 g/mol. The molecule has 2 unspecified atom stereocenters. The van der Waals surface area contributed by atoms with Crippen molar-refractivity contribution >= 4 is 17.4 Å². The van der Waals surface area contributed by atoms with Crippen LogP contribution in [0.25, 0.3) is 10.4 Å². The highest BCUT2D eigenvalue weighted by atomic mass is 35.5. The molecule has 1 aromatic rings. The third-order valence-electron chi connectivity index (χ3n) is 1.92. The maximum absolute atomic E-state index is 9.69. The van der Waals surface area contributed by atoms with Crippen LogP contribution in [0, 0.1) is 0 Å². The van der Waals surface area contributed by atoms with Crippen LogP contribution in [0.15, 0.2) is 17.4 Å². The Morgan fingerprint density at radius 1 is 1.62 bits per heavy atom. The lowest BCUT2D eigenvalue weighted by atomic mass is 10.1. The third kappa shape index (κ3) is 2.98.